The summed E-state index contributed by atoms with van der Waals surface area (Å²) in [5.74, 6) is -0.00241. The smallest absolute Gasteiger partial charge is 0.252 e. The zero-order valence-corrected chi connectivity index (χ0v) is 15.8. The summed E-state index contributed by atoms with van der Waals surface area (Å²) in [5, 5.41) is 5.92. The molecule has 2 rings (SSSR count). The average Bonchev–Trinajstić information content (AvgIpc) is 2.59. The Morgan fingerprint density at radius 1 is 1.15 bits per heavy atom. The fourth-order valence-corrected chi connectivity index (χ4v) is 2.67. The number of hydrogen-bond acceptors (Lipinski definition) is 3. The first-order chi connectivity index (χ1) is 12.4. The van der Waals surface area contributed by atoms with Gasteiger partial charge in [0.15, 0.2) is 0 Å². The van der Waals surface area contributed by atoms with Gasteiger partial charge in [0.2, 0.25) is 5.91 Å². The summed E-state index contributed by atoms with van der Waals surface area (Å²) in [5.41, 5.74) is 8.45. The maximum absolute atomic E-state index is 12.1. The van der Waals surface area contributed by atoms with Crippen molar-refractivity contribution in [2.45, 2.75) is 26.7 Å². The average molecular weight is 374 g/mol. The Labute approximate surface area is 158 Å². The largest absolute Gasteiger partial charge is 0.399 e. The van der Waals surface area contributed by atoms with Gasteiger partial charge in [-0.2, -0.15) is 0 Å². The second kappa shape index (κ2) is 9.25. The number of anilines is 2. The normalized spacial score (nSPS) is 10.6. The molecule has 0 aromatic heterocycles. The molecular formula is C20H24ClN3O2. The van der Waals surface area contributed by atoms with E-state index in [0.29, 0.717) is 47.3 Å². The zero-order chi connectivity index (χ0) is 19.1. The number of aryl methyl sites for hydroxylation is 1. The topological polar surface area (TPSA) is 84.2 Å². The monoisotopic (exact) mass is 373 g/mol. The molecule has 0 fully saturated rings. The Bertz CT molecular complexity index is 790. The van der Waals surface area contributed by atoms with Crippen LogP contribution >= 0.6 is 11.6 Å². The van der Waals surface area contributed by atoms with Crippen LogP contribution in [0, 0.1) is 5.92 Å². The van der Waals surface area contributed by atoms with Crippen molar-refractivity contribution in [3.63, 3.8) is 0 Å². The van der Waals surface area contributed by atoms with Gasteiger partial charge in [0.25, 0.3) is 5.91 Å². The molecule has 2 aromatic rings. The van der Waals surface area contributed by atoms with Crippen molar-refractivity contribution in [2.24, 2.45) is 5.92 Å². The SMILES string of the molecule is CC(C)CNC(=O)c1ccc(NC(=O)CCc2ccccc2N)cc1Cl. The number of carbonyl (C=O) groups excluding carboxylic acids is 2. The highest BCUT2D eigenvalue weighted by atomic mass is 35.5. The van der Waals surface area contributed by atoms with Crippen LogP contribution in [0.2, 0.25) is 5.02 Å². The molecule has 5 nitrogen and oxygen atoms in total. The van der Waals surface area contributed by atoms with Gasteiger partial charge in [0.05, 0.1) is 10.6 Å². The Hall–Kier alpha value is -2.53. The number of halogens is 1. The number of nitrogens with one attached hydrogen (secondary N) is 2. The van der Waals surface area contributed by atoms with Gasteiger partial charge >= 0.3 is 0 Å². The lowest BCUT2D eigenvalue weighted by Crippen LogP contribution is -2.27. The van der Waals surface area contributed by atoms with E-state index in [9.17, 15) is 9.59 Å². The summed E-state index contributed by atoms with van der Waals surface area (Å²) in [7, 11) is 0. The number of carbonyl (C=O) groups is 2. The fraction of sp³-hybridized carbons (Fsp3) is 0.300. The molecule has 4 N–H and O–H groups in total. The van der Waals surface area contributed by atoms with Gasteiger partial charge in [-0.1, -0.05) is 43.6 Å². The molecule has 26 heavy (non-hydrogen) atoms. The molecule has 0 heterocycles. The number of para-hydroxylation sites is 1. The lowest BCUT2D eigenvalue weighted by Gasteiger charge is -2.11. The Morgan fingerprint density at radius 2 is 1.88 bits per heavy atom. The second-order valence-corrected chi connectivity index (χ2v) is 6.95. The van der Waals surface area contributed by atoms with E-state index in [2.05, 4.69) is 10.6 Å². The summed E-state index contributed by atoms with van der Waals surface area (Å²) in [4.78, 5) is 24.2. The first-order valence-electron chi connectivity index (χ1n) is 8.57. The molecule has 0 atom stereocenters. The Morgan fingerprint density at radius 3 is 2.54 bits per heavy atom. The predicted molar refractivity (Wildman–Crippen MR) is 106 cm³/mol. The second-order valence-electron chi connectivity index (χ2n) is 6.55. The van der Waals surface area contributed by atoms with Gasteiger partial charge in [0, 0.05) is 24.3 Å². The van der Waals surface area contributed by atoms with Crippen LogP contribution in [0.25, 0.3) is 0 Å². The highest BCUT2D eigenvalue weighted by Crippen LogP contribution is 2.21. The van der Waals surface area contributed by atoms with Crippen LogP contribution < -0.4 is 16.4 Å². The number of amides is 2. The van der Waals surface area contributed by atoms with Gasteiger partial charge < -0.3 is 16.4 Å². The van der Waals surface area contributed by atoms with Crippen LogP contribution in [-0.4, -0.2) is 18.4 Å². The molecule has 6 heteroatoms. The molecule has 0 aliphatic heterocycles. The maximum Gasteiger partial charge on any atom is 0.252 e. The minimum absolute atomic E-state index is 0.138. The van der Waals surface area contributed by atoms with E-state index < -0.39 is 0 Å². The van der Waals surface area contributed by atoms with Gasteiger partial charge in [0.1, 0.15) is 0 Å². The lowest BCUT2D eigenvalue weighted by atomic mass is 10.1. The number of nitrogens with two attached hydrogens (primary N) is 1. The van der Waals surface area contributed by atoms with Crippen LogP contribution in [0.15, 0.2) is 42.5 Å². The highest BCUT2D eigenvalue weighted by molar-refractivity contribution is 6.34. The third-order valence-electron chi connectivity index (χ3n) is 3.84. The van der Waals surface area contributed by atoms with Crippen LogP contribution in [0.4, 0.5) is 11.4 Å². The molecule has 138 valence electrons. The first-order valence-corrected chi connectivity index (χ1v) is 8.95. The molecule has 2 aromatic carbocycles. The minimum atomic E-state index is -0.221. The van der Waals surface area contributed by atoms with Crippen molar-refractivity contribution in [1.29, 1.82) is 0 Å². The van der Waals surface area contributed by atoms with E-state index in [1.54, 1.807) is 18.2 Å². The first kappa shape index (κ1) is 19.8. The van der Waals surface area contributed by atoms with Crippen molar-refractivity contribution in [2.75, 3.05) is 17.6 Å². The summed E-state index contributed by atoms with van der Waals surface area (Å²) in [6.45, 7) is 4.61. The highest BCUT2D eigenvalue weighted by Gasteiger charge is 2.12. The molecule has 0 saturated carbocycles. The van der Waals surface area contributed by atoms with Crippen LogP contribution in [0.5, 0.6) is 0 Å². The third kappa shape index (κ3) is 5.77. The molecular weight excluding hydrogens is 350 g/mol. The van der Waals surface area contributed by atoms with Gasteiger partial charge in [-0.05, 0) is 42.2 Å². The summed E-state index contributed by atoms with van der Waals surface area (Å²) >= 11 is 6.19. The quantitative estimate of drug-likeness (QED) is 0.644. The van der Waals surface area contributed by atoms with Gasteiger partial charge in [-0.3, -0.25) is 9.59 Å². The van der Waals surface area contributed by atoms with E-state index >= 15 is 0 Å². The van der Waals surface area contributed by atoms with Crippen LogP contribution in [-0.2, 0) is 11.2 Å². The zero-order valence-electron chi connectivity index (χ0n) is 15.0. The van der Waals surface area contributed by atoms with Crippen molar-refractivity contribution in [1.82, 2.24) is 5.32 Å². The third-order valence-corrected chi connectivity index (χ3v) is 4.16. The minimum Gasteiger partial charge on any atom is -0.399 e. The molecule has 0 bridgehead atoms. The van der Waals surface area contributed by atoms with Crippen molar-refractivity contribution in [3.05, 3.63) is 58.6 Å². The number of rotatable bonds is 7. The standard InChI is InChI=1S/C20H24ClN3O2/c1-13(2)12-23-20(26)16-9-8-15(11-17(16)21)24-19(25)10-7-14-5-3-4-6-18(14)22/h3-6,8-9,11,13H,7,10,12,22H2,1-2H3,(H,23,26)(H,24,25). The summed E-state index contributed by atoms with van der Waals surface area (Å²) < 4.78 is 0. The van der Waals surface area contributed by atoms with Crippen molar-refractivity contribution in [3.8, 4) is 0 Å². The van der Waals surface area contributed by atoms with Crippen molar-refractivity contribution < 1.29 is 9.59 Å². The Kier molecular flexibility index (Phi) is 7.04. The Balaban J connectivity index is 1.93. The lowest BCUT2D eigenvalue weighted by molar-refractivity contribution is -0.116. The maximum atomic E-state index is 12.1. The van der Waals surface area contributed by atoms with E-state index in [-0.39, 0.29) is 11.8 Å². The molecule has 0 unspecified atom stereocenters. The molecule has 0 radical (unpaired) electrons. The van der Waals surface area contributed by atoms with Gasteiger partial charge in [-0.25, -0.2) is 0 Å². The van der Waals surface area contributed by atoms with Crippen molar-refractivity contribution >= 4 is 34.8 Å². The molecule has 2 amide bonds. The summed E-state index contributed by atoms with van der Waals surface area (Å²) in [6.07, 6.45) is 0.865. The fourth-order valence-electron chi connectivity index (χ4n) is 2.40. The van der Waals surface area contributed by atoms with Crippen LogP contribution in [0.3, 0.4) is 0 Å². The molecule has 0 aliphatic carbocycles. The van der Waals surface area contributed by atoms with E-state index in [1.165, 1.54) is 0 Å². The molecule has 0 spiro atoms. The number of hydrogen-bond donors (Lipinski definition) is 3. The molecule has 0 saturated heterocycles. The molecule has 0 aliphatic rings. The van der Waals surface area contributed by atoms with Crippen LogP contribution in [0.1, 0.15) is 36.2 Å². The van der Waals surface area contributed by atoms with E-state index in [1.807, 2.05) is 38.1 Å². The van der Waals surface area contributed by atoms with E-state index in [4.69, 9.17) is 17.3 Å². The number of benzene rings is 2. The van der Waals surface area contributed by atoms with E-state index in [0.717, 1.165) is 5.56 Å². The summed E-state index contributed by atoms with van der Waals surface area (Å²) in [6, 6.07) is 12.3. The number of nitrogen functional groups attached to an aromatic ring is 1. The predicted octanol–water partition coefficient (Wildman–Crippen LogP) is 3.88. The van der Waals surface area contributed by atoms with Gasteiger partial charge in [-0.15, -0.1) is 0 Å².